The topological polar surface area (TPSA) is 112 Å². The average Bonchev–Trinajstić information content (AvgIpc) is 2.88. The number of methoxy groups -OCH3 is 1. The zero-order valence-corrected chi connectivity index (χ0v) is 20.3. The Morgan fingerprint density at radius 1 is 1.14 bits per heavy atom. The Balaban J connectivity index is 1.53. The first kappa shape index (κ1) is 24.5. The van der Waals surface area contributed by atoms with Gasteiger partial charge in [0.25, 0.3) is 5.56 Å². The van der Waals surface area contributed by atoms with Crippen LogP contribution in [0.25, 0.3) is 11.3 Å². The number of hydrogen-bond donors (Lipinski definition) is 2. The first-order chi connectivity index (χ1) is 17.5. The van der Waals surface area contributed by atoms with Gasteiger partial charge in [-0.1, -0.05) is 48.0 Å². The lowest BCUT2D eigenvalue weighted by atomic mass is 10.1. The number of H-pyrrole nitrogens is 1. The van der Waals surface area contributed by atoms with Gasteiger partial charge in [-0.05, 0) is 48.4 Å². The van der Waals surface area contributed by atoms with Crippen LogP contribution in [-0.2, 0) is 6.61 Å². The van der Waals surface area contributed by atoms with Crippen molar-refractivity contribution in [3.63, 3.8) is 0 Å². The van der Waals surface area contributed by atoms with E-state index >= 15 is 0 Å². The van der Waals surface area contributed by atoms with Crippen LogP contribution in [0.3, 0.4) is 0 Å². The van der Waals surface area contributed by atoms with Crippen molar-refractivity contribution in [3.8, 4) is 28.8 Å². The van der Waals surface area contributed by atoms with E-state index in [0.717, 1.165) is 16.7 Å². The summed E-state index contributed by atoms with van der Waals surface area (Å²) in [5, 5.41) is 14.1. The van der Waals surface area contributed by atoms with E-state index in [0.29, 0.717) is 22.1 Å². The number of hydrazone groups is 1. The average molecular weight is 500 g/mol. The molecular formula is C27H22ClN5O3. The molecule has 9 heteroatoms. The molecule has 1 heterocycles. The van der Waals surface area contributed by atoms with Crippen molar-refractivity contribution in [2.45, 2.75) is 13.5 Å². The molecular weight excluding hydrogens is 478 g/mol. The minimum absolute atomic E-state index is 0.0656. The lowest BCUT2D eigenvalue weighted by molar-refractivity contribution is 0.297. The quantitative estimate of drug-likeness (QED) is 0.251. The maximum Gasteiger partial charge on any atom is 0.270 e. The highest BCUT2D eigenvalue weighted by Gasteiger charge is 2.13. The standard InChI is InChI=1S/C27H22ClN5O3/c1-17-8-10-24(22(28)12-17)36-16-20-13-18(9-11-23(20)35-2)15-30-33-27-31-25(19-6-4-3-5-7-19)21(14-29)26(34)32-27/h3-13,15H,16H2,1-2H3,(H2,31,32,33,34). The molecule has 3 aromatic carbocycles. The molecule has 0 unspecified atom stereocenters. The molecule has 4 rings (SSSR count). The Morgan fingerprint density at radius 2 is 1.92 bits per heavy atom. The van der Waals surface area contributed by atoms with Gasteiger partial charge < -0.3 is 9.47 Å². The number of rotatable bonds is 8. The number of aryl methyl sites for hydroxylation is 1. The molecule has 2 N–H and O–H groups in total. The summed E-state index contributed by atoms with van der Waals surface area (Å²) in [6.07, 6.45) is 1.57. The Kier molecular flexibility index (Phi) is 7.63. The van der Waals surface area contributed by atoms with Crippen LogP contribution in [-0.4, -0.2) is 23.3 Å². The van der Waals surface area contributed by atoms with Crippen molar-refractivity contribution in [3.05, 3.63) is 104 Å². The van der Waals surface area contributed by atoms with Crippen molar-refractivity contribution in [2.75, 3.05) is 12.5 Å². The van der Waals surface area contributed by atoms with Crippen LogP contribution in [0.4, 0.5) is 5.95 Å². The van der Waals surface area contributed by atoms with Crippen LogP contribution >= 0.6 is 11.6 Å². The van der Waals surface area contributed by atoms with E-state index < -0.39 is 5.56 Å². The zero-order chi connectivity index (χ0) is 25.5. The van der Waals surface area contributed by atoms with Gasteiger partial charge in [-0.3, -0.25) is 9.78 Å². The molecule has 1 aromatic heterocycles. The second kappa shape index (κ2) is 11.2. The fraction of sp³-hybridized carbons (Fsp3) is 0.111. The lowest BCUT2D eigenvalue weighted by Gasteiger charge is -2.12. The predicted molar refractivity (Wildman–Crippen MR) is 140 cm³/mol. The van der Waals surface area contributed by atoms with E-state index in [2.05, 4.69) is 20.5 Å². The number of benzene rings is 3. The molecule has 0 bridgehead atoms. The summed E-state index contributed by atoms with van der Waals surface area (Å²) in [6, 6.07) is 22.0. The molecule has 4 aromatic rings. The first-order valence-corrected chi connectivity index (χ1v) is 11.3. The van der Waals surface area contributed by atoms with Crippen molar-refractivity contribution in [1.82, 2.24) is 9.97 Å². The van der Waals surface area contributed by atoms with Gasteiger partial charge in [0.15, 0.2) is 0 Å². The maximum atomic E-state index is 12.4. The van der Waals surface area contributed by atoms with Crippen LogP contribution in [0, 0.1) is 18.3 Å². The number of aromatic nitrogens is 2. The zero-order valence-electron chi connectivity index (χ0n) is 19.6. The summed E-state index contributed by atoms with van der Waals surface area (Å²) in [4.78, 5) is 19.3. The van der Waals surface area contributed by atoms with Gasteiger partial charge in [0.05, 0.1) is 24.0 Å². The summed E-state index contributed by atoms with van der Waals surface area (Å²) in [6.45, 7) is 2.20. The fourth-order valence-corrected chi connectivity index (χ4v) is 3.76. The van der Waals surface area contributed by atoms with E-state index in [-0.39, 0.29) is 23.8 Å². The van der Waals surface area contributed by atoms with Gasteiger partial charge >= 0.3 is 0 Å². The molecule has 0 atom stereocenters. The van der Waals surface area contributed by atoms with Crippen molar-refractivity contribution in [1.29, 1.82) is 5.26 Å². The van der Waals surface area contributed by atoms with Gasteiger partial charge in [0.1, 0.15) is 29.7 Å². The Labute approximate surface area is 212 Å². The van der Waals surface area contributed by atoms with Crippen LogP contribution < -0.4 is 20.5 Å². The summed E-state index contributed by atoms with van der Waals surface area (Å²) < 4.78 is 11.3. The SMILES string of the molecule is COc1ccc(C=NNc2nc(-c3ccccc3)c(C#N)c(=O)[nH]2)cc1COc1ccc(C)cc1Cl. The fourth-order valence-electron chi connectivity index (χ4n) is 3.47. The van der Waals surface area contributed by atoms with Gasteiger partial charge in [-0.2, -0.15) is 10.4 Å². The number of nitriles is 1. The molecule has 0 saturated heterocycles. The summed E-state index contributed by atoms with van der Waals surface area (Å²) >= 11 is 6.27. The number of anilines is 1. The lowest BCUT2D eigenvalue weighted by Crippen LogP contribution is -2.16. The third-order valence-electron chi connectivity index (χ3n) is 5.24. The first-order valence-electron chi connectivity index (χ1n) is 10.9. The highest BCUT2D eigenvalue weighted by Crippen LogP contribution is 2.28. The number of halogens is 1. The molecule has 0 spiro atoms. The number of nitrogens with zero attached hydrogens (tertiary/aromatic N) is 3. The largest absolute Gasteiger partial charge is 0.496 e. The number of ether oxygens (including phenoxy) is 2. The monoisotopic (exact) mass is 499 g/mol. The second-order valence-corrected chi connectivity index (χ2v) is 8.19. The molecule has 0 aliphatic heterocycles. The number of nitrogens with one attached hydrogen (secondary N) is 2. The molecule has 36 heavy (non-hydrogen) atoms. The van der Waals surface area contributed by atoms with E-state index in [9.17, 15) is 10.1 Å². The van der Waals surface area contributed by atoms with Crippen LogP contribution in [0.1, 0.15) is 22.3 Å². The molecule has 180 valence electrons. The van der Waals surface area contributed by atoms with Crippen LogP contribution in [0.15, 0.2) is 76.6 Å². The molecule has 0 saturated carbocycles. The highest BCUT2D eigenvalue weighted by molar-refractivity contribution is 6.32. The predicted octanol–water partition coefficient (Wildman–Crippen LogP) is 5.30. The Hall–Kier alpha value is -4.61. The third-order valence-corrected chi connectivity index (χ3v) is 5.53. The smallest absolute Gasteiger partial charge is 0.270 e. The summed E-state index contributed by atoms with van der Waals surface area (Å²) in [5.41, 5.74) is 5.65. The molecule has 0 aliphatic carbocycles. The minimum atomic E-state index is -0.553. The van der Waals surface area contributed by atoms with E-state index in [1.807, 2.05) is 67.6 Å². The van der Waals surface area contributed by atoms with Crippen molar-refractivity contribution >= 4 is 23.8 Å². The Morgan fingerprint density at radius 3 is 2.64 bits per heavy atom. The maximum absolute atomic E-state index is 12.4. The number of hydrogen-bond acceptors (Lipinski definition) is 7. The summed E-state index contributed by atoms with van der Waals surface area (Å²) in [7, 11) is 1.59. The molecule has 0 amide bonds. The normalized spacial score (nSPS) is 10.7. The second-order valence-electron chi connectivity index (χ2n) is 7.78. The van der Waals surface area contributed by atoms with Crippen LogP contribution in [0.2, 0.25) is 5.02 Å². The van der Waals surface area contributed by atoms with Gasteiger partial charge in [-0.15, -0.1) is 0 Å². The van der Waals surface area contributed by atoms with Crippen molar-refractivity contribution < 1.29 is 9.47 Å². The van der Waals surface area contributed by atoms with E-state index in [4.69, 9.17) is 21.1 Å². The Bertz CT molecular complexity index is 1510. The van der Waals surface area contributed by atoms with E-state index in [1.54, 1.807) is 25.5 Å². The molecule has 0 aliphatic rings. The van der Waals surface area contributed by atoms with Gasteiger partial charge in [0.2, 0.25) is 5.95 Å². The van der Waals surface area contributed by atoms with Crippen molar-refractivity contribution in [2.24, 2.45) is 5.10 Å². The minimum Gasteiger partial charge on any atom is -0.496 e. The van der Waals surface area contributed by atoms with Gasteiger partial charge in [0, 0.05) is 11.1 Å². The van der Waals surface area contributed by atoms with Crippen LogP contribution in [0.5, 0.6) is 11.5 Å². The number of aromatic amines is 1. The van der Waals surface area contributed by atoms with Gasteiger partial charge in [-0.25, -0.2) is 10.4 Å². The molecule has 0 radical (unpaired) electrons. The molecule has 0 fully saturated rings. The highest BCUT2D eigenvalue weighted by atomic mass is 35.5. The molecule has 8 nitrogen and oxygen atoms in total. The van der Waals surface area contributed by atoms with E-state index in [1.165, 1.54) is 0 Å². The third kappa shape index (κ3) is 5.71. The summed E-state index contributed by atoms with van der Waals surface area (Å²) in [5.74, 6) is 1.35.